The van der Waals surface area contributed by atoms with Gasteiger partial charge in [0.05, 0.1) is 11.9 Å². The number of carbonyl (C=O) groups excluding carboxylic acids is 1. The topological polar surface area (TPSA) is 84.2 Å². The summed E-state index contributed by atoms with van der Waals surface area (Å²) >= 11 is 0. The Morgan fingerprint density at radius 3 is 2.52 bits per heavy atom. The van der Waals surface area contributed by atoms with E-state index in [9.17, 15) is 9.59 Å². The molecule has 0 saturated carbocycles. The number of anilines is 1. The number of aromatic nitrogens is 2. The van der Waals surface area contributed by atoms with Gasteiger partial charge in [-0.15, -0.1) is 0 Å². The van der Waals surface area contributed by atoms with Crippen molar-refractivity contribution in [2.24, 2.45) is 0 Å². The van der Waals surface area contributed by atoms with Crippen molar-refractivity contribution < 1.29 is 14.7 Å². The first-order valence-electron chi connectivity index (χ1n) is 7.66. The Morgan fingerprint density at radius 2 is 1.86 bits per heavy atom. The summed E-state index contributed by atoms with van der Waals surface area (Å²) in [6.45, 7) is 2.00. The molecule has 1 aromatic heterocycles. The summed E-state index contributed by atoms with van der Waals surface area (Å²) in [6.07, 6.45) is 11.7. The number of hydrogen-bond acceptors (Lipinski definition) is 3. The van der Waals surface area contributed by atoms with Gasteiger partial charge in [0.2, 0.25) is 5.91 Å². The summed E-state index contributed by atoms with van der Waals surface area (Å²) in [4.78, 5) is 22.2. The zero-order valence-electron chi connectivity index (χ0n) is 12.7. The minimum atomic E-state index is -0.959. The van der Waals surface area contributed by atoms with E-state index in [1.165, 1.54) is 49.2 Å². The predicted molar refractivity (Wildman–Crippen MR) is 81.1 cm³/mol. The molecule has 21 heavy (non-hydrogen) atoms. The van der Waals surface area contributed by atoms with Crippen LogP contribution in [-0.4, -0.2) is 26.8 Å². The molecule has 0 atom stereocenters. The first kappa shape index (κ1) is 17.2. The van der Waals surface area contributed by atoms with Gasteiger partial charge in [-0.2, -0.15) is 5.10 Å². The van der Waals surface area contributed by atoms with Gasteiger partial charge in [-0.25, -0.2) is 0 Å². The number of nitrogens with zero attached hydrogens (tertiary/aromatic N) is 2. The van der Waals surface area contributed by atoms with Crippen molar-refractivity contribution in [2.75, 3.05) is 5.32 Å². The van der Waals surface area contributed by atoms with Gasteiger partial charge in [-0.05, 0) is 6.42 Å². The minimum Gasteiger partial charge on any atom is -0.480 e. The lowest BCUT2D eigenvalue weighted by Crippen LogP contribution is -2.11. The fourth-order valence-corrected chi connectivity index (χ4v) is 2.12. The molecule has 1 amide bonds. The molecule has 0 bridgehead atoms. The molecule has 1 heterocycles. The number of hydrogen-bond donors (Lipinski definition) is 2. The van der Waals surface area contributed by atoms with Gasteiger partial charge in [0.1, 0.15) is 6.54 Å². The third-order valence-corrected chi connectivity index (χ3v) is 3.22. The molecular formula is C15H25N3O3. The average molecular weight is 295 g/mol. The molecule has 0 aromatic carbocycles. The van der Waals surface area contributed by atoms with Crippen molar-refractivity contribution in [2.45, 2.75) is 64.8 Å². The van der Waals surface area contributed by atoms with Gasteiger partial charge >= 0.3 is 5.97 Å². The molecule has 0 unspecified atom stereocenters. The Hall–Kier alpha value is -1.85. The molecule has 2 N–H and O–H groups in total. The van der Waals surface area contributed by atoms with Gasteiger partial charge < -0.3 is 10.4 Å². The SMILES string of the molecule is CCCCCCCCCC(=O)Nc1cnn(CC(=O)O)c1. The number of nitrogens with one attached hydrogen (secondary N) is 1. The van der Waals surface area contributed by atoms with E-state index in [1.54, 1.807) is 0 Å². The second-order valence-electron chi connectivity index (χ2n) is 5.24. The Labute approximate surface area is 125 Å². The maximum Gasteiger partial charge on any atom is 0.325 e. The predicted octanol–water partition coefficient (Wildman–Crippen LogP) is 3.05. The van der Waals surface area contributed by atoms with E-state index in [1.807, 2.05) is 0 Å². The highest BCUT2D eigenvalue weighted by Crippen LogP contribution is 2.10. The summed E-state index contributed by atoms with van der Waals surface area (Å²) in [7, 11) is 0. The standard InChI is InChI=1S/C15H25N3O3/c1-2-3-4-5-6-7-8-9-14(19)17-13-10-16-18(11-13)12-15(20)21/h10-11H,2-9,12H2,1H3,(H,17,19)(H,20,21). The largest absolute Gasteiger partial charge is 0.480 e. The van der Waals surface area contributed by atoms with Crippen molar-refractivity contribution >= 4 is 17.6 Å². The Kier molecular flexibility index (Phi) is 8.16. The van der Waals surface area contributed by atoms with Crippen LogP contribution in [0.15, 0.2) is 12.4 Å². The fraction of sp³-hybridized carbons (Fsp3) is 0.667. The van der Waals surface area contributed by atoms with Crippen molar-refractivity contribution in [3.63, 3.8) is 0 Å². The number of carboxylic acid groups (broad SMARTS) is 1. The van der Waals surface area contributed by atoms with Crippen LogP contribution in [0, 0.1) is 0 Å². The van der Waals surface area contributed by atoms with Crippen LogP contribution in [0.2, 0.25) is 0 Å². The van der Waals surface area contributed by atoms with Crippen LogP contribution in [0.1, 0.15) is 58.3 Å². The van der Waals surface area contributed by atoms with Crippen molar-refractivity contribution in [1.82, 2.24) is 9.78 Å². The number of carbonyl (C=O) groups is 2. The zero-order valence-corrected chi connectivity index (χ0v) is 12.7. The lowest BCUT2D eigenvalue weighted by Gasteiger charge is -2.03. The van der Waals surface area contributed by atoms with Gasteiger partial charge in [0, 0.05) is 12.6 Å². The Morgan fingerprint density at radius 1 is 1.19 bits per heavy atom. The number of rotatable bonds is 11. The lowest BCUT2D eigenvalue weighted by molar-refractivity contribution is -0.137. The minimum absolute atomic E-state index is 0.0431. The molecule has 0 spiro atoms. The monoisotopic (exact) mass is 295 g/mol. The van der Waals surface area contributed by atoms with Crippen LogP contribution >= 0.6 is 0 Å². The first-order valence-corrected chi connectivity index (χ1v) is 7.66. The maximum atomic E-state index is 11.7. The maximum absolute atomic E-state index is 11.7. The zero-order chi connectivity index (χ0) is 15.5. The smallest absolute Gasteiger partial charge is 0.325 e. The Balaban J connectivity index is 2.13. The van der Waals surface area contributed by atoms with Crippen LogP contribution in [-0.2, 0) is 16.1 Å². The van der Waals surface area contributed by atoms with Gasteiger partial charge in [0.15, 0.2) is 0 Å². The van der Waals surface area contributed by atoms with Crippen LogP contribution < -0.4 is 5.32 Å². The van der Waals surface area contributed by atoms with E-state index in [0.717, 1.165) is 12.8 Å². The summed E-state index contributed by atoms with van der Waals surface area (Å²) < 4.78 is 1.28. The molecule has 0 fully saturated rings. The van der Waals surface area contributed by atoms with E-state index < -0.39 is 5.97 Å². The number of unbranched alkanes of at least 4 members (excludes halogenated alkanes) is 6. The van der Waals surface area contributed by atoms with E-state index in [0.29, 0.717) is 12.1 Å². The molecule has 0 aliphatic heterocycles. The molecule has 0 saturated heterocycles. The molecule has 6 heteroatoms. The van der Waals surface area contributed by atoms with E-state index in [4.69, 9.17) is 5.11 Å². The molecule has 6 nitrogen and oxygen atoms in total. The third kappa shape index (κ3) is 8.12. The Bertz CT molecular complexity index is 443. The van der Waals surface area contributed by atoms with E-state index >= 15 is 0 Å². The van der Waals surface area contributed by atoms with Crippen LogP contribution in [0.5, 0.6) is 0 Å². The highest BCUT2D eigenvalue weighted by molar-refractivity contribution is 5.90. The summed E-state index contributed by atoms with van der Waals surface area (Å²) in [5.74, 6) is -1.00. The molecule has 118 valence electrons. The number of aliphatic carboxylic acids is 1. The summed E-state index contributed by atoms with van der Waals surface area (Å²) in [5.41, 5.74) is 0.546. The first-order chi connectivity index (χ1) is 10.1. The number of carboxylic acids is 1. The van der Waals surface area contributed by atoms with E-state index in [2.05, 4.69) is 17.3 Å². The summed E-state index contributed by atoms with van der Waals surface area (Å²) in [5, 5.41) is 15.2. The molecule has 0 radical (unpaired) electrons. The quantitative estimate of drug-likeness (QED) is 0.614. The second-order valence-corrected chi connectivity index (χ2v) is 5.24. The molecule has 1 aromatic rings. The number of amides is 1. The lowest BCUT2D eigenvalue weighted by atomic mass is 10.1. The molecular weight excluding hydrogens is 270 g/mol. The second kappa shape index (κ2) is 9.96. The molecule has 0 aliphatic carbocycles. The fourth-order valence-electron chi connectivity index (χ4n) is 2.12. The van der Waals surface area contributed by atoms with Crippen molar-refractivity contribution in [3.8, 4) is 0 Å². The van der Waals surface area contributed by atoms with Crippen LogP contribution in [0.4, 0.5) is 5.69 Å². The highest BCUT2D eigenvalue weighted by atomic mass is 16.4. The van der Waals surface area contributed by atoms with Crippen LogP contribution in [0.3, 0.4) is 0 Å². The summed E-state index contributed by atoms with van der Waals surface area (Å²) in [6, 6.07) is 0. The highest BCUT2D eigenvalue weighted by Gasteiger charge is 2.06. The third-order valence-electron chi connectivity index (χ3n) is 3.22. The van der Waals surface area contributed by atoms with E-state index in [-0.39, 0.29) is 12.5 Å². The van der Waals surface area contributed by atoms with Gasteiger partial charge in [0.25, 0.3) is 0 Å². The normalized spacial score (nSPS) is 10.5. The average Bonchev–Trinajstić information content (AvgIpc) is 2.84. The van der Waals surface area contributed by atoms with Gasteiger partial charge in [-0.1, -0.05) is 45.4 Å². The molecule has 0 aliphatic rings. The van der Waals surface area contributed by atoms with Crippen LogP contribution in [0.25, 0.3) is 0 Å². The van der Waals surface area contributed by atoms with Crippen molar-refractivity contribution in [1.29, 1.82) is 0 Å². The van der Waals surface area contributed by atoms with Crippen molar-refractivity contribution in [3.05, 3.63) is 12.4 Å². The molecule has 1 rings (SSSR count). The van der Waals surface area contributed by atoms with Gasteiger partial charge in [-0.3, -0.25) is 14.3 Å².